The molecule has 0 saturated carbocycles. The molecular weight excluding hydrogens is 544 g/mol. The smallest absolute Gasteiger partial charge is 0.135 e. The molecule has 1 heteroatoms. The van der Waals surface area contributed by atoms with Crippen molar-refractivity contribution in [3.8, 4) is 56.0 Å². The van der Waals surface area contributed by atoms with Crippen LogP contribution in [0.3, 0.4) is 0 Å². The Labute approximate surface area is 267 Å². The third kappa shape index (κ3) is 3.62. The molecule has 0 spiro atoms. The number of fused-ring (bicyclic) bond motifs is 2. The monoisotopic (exact) mass is 575 g/mol. The molecule has 0 unspecified atom stereocenters. The van der Waals surface area contributed by atoms with Crippen LogP contribution in [0.1, 0.15) is 6.85 Å². The van der Waals surface area contributed by atoms with Gasteiger partial charge in [-0.1, -0.05) is 133 Å². The highest BCUT2D eigenvalue weighted by molar-refractivity contribution is 6.25. The highest BCUT2D eigenvalue weighted by Crippen LogP contribution is 2.48. The van der Waals surface area contributed by atoms with E-state index in [2.05, 4.69) is 84.9 Å². The molecular formula is C44H26O. The van der Waals surface area contributed by atoms with Crippen molar-refractivity contribution < 1.29 is 11.6 Å². The Bertz CT molecular complexity index is 2860. The minimum atomic E-state index is -0.411. The molecule has 0 aliphatic carbocycles. The molecule has 0 N–H and O–H groups in total. The molecule has 0 amide bonds. The molecule has 9 aromatic rings. The van der Waals surface area contributed by atoms with E-state index in [1.54, 1.807) is 0 Å². The number of benzene rings is 9. The van der Waals surface area contributed by atoms with Crippen LogP contribution in [-0.2, 0) is 0 Å². The zero-order valence-corrected chi connectivity index (χ0v) is 24.0. The highest BCUT2D eigenvalue weighted by atomic mass is 16.5. The SMILES string of the molecule is [2H]c1c([2H])c([2H])c(-c2cc(-c3ccc4ccc5cccc6ccc3c4c56)ccc2-c2ccc3c(c2)-c2cccc4cccc(c24)O3)c([2H])c1[2H]. The molecule has 9 aromatic carbocycles. The summed E-state index contributed by atoms with van der Waals surface area (Å²) in [5, 5.41) is 9.18. The van der Waals surface area contributed by atoms with Crippen LogP contribution in [0.4, 0.5) is 0 Å². The van der Waals surface area contributed by atoms with Gasteiger partial charge < -0.3 is 4.74 Å². The van der Waals surface area contributed by atoms with Gasteiger partial charge in [0.15, 0.2) is 0 Å². The van der Waals surface area contributed by atoms with E-state index < -0.39 is 6.04 Å². The summed E-state index contributed by atoms with van der Waals surface area (Å²) in [6.07, 6.45) is 0. The summed E-state index contributed by atoms with van der Waals surface area (Å²) >= 11 is 0. The zero-order valence-electron chi connectivity index (χ0n) is 29.0. The lowest BCUT2D eigenvalue weighted by Crippen LogP contribution is -1.97. The maximum Gasteiger partial charge on any atom is 0.135 e. The van der Waals surface area contributed by atoms with Gasteiger partial charge in [0.05, 0.1) is 6.85 Å². The average Bonchev–Trinajstić information content (AvgIpc) is 3.15. The van der Waals surface area contributed by atoms with Gasteiger partial charge in [-0.25, -0.2) is 0 Å². The van der Waals surface area contributed by atoms with Crippen molar-refractivity contribution in [1.82, 2.24) is 0 Å². The molecule has 0 atom stereocenters. The average molecular weight is 576 g/mol. The lowest BCUT2D eigenvalue weighted by Gasteiger charge is -2.22. The standard InChI is InChI=1S/C44H26O/c1-2-7-27(8-3-1)38-25-32(34-21-17-31-16-15-29-9-4-10-30-18-23-37(34)44(31)42(29)30)19-22-35(38)33-20-24-40-39(26-33)36-13-5-11-28-12-6-14-41(45-40)43(28)36/h1-26H/i1D,2D,3D,7D,8D. The molecule has 1 aliphatic heterocycles. The molecule has 208 valence electrons. The maximum absolute atomic E-state index is 9.00. The Morgan fingerprint density at radius 2 is 1.00 bits per heavy atom. The van der Waals surface area contributed by atoms with Gasteiger partial charge in [-0.05, 0) is 101 Å². The van der Waals surface area contributed by atoms with Crippen LogP contribution in [0, 0.1) is 0 Å². The number of rotatable bonds is 3. The second-order valence-corrected chi connectivity index (χ2v) is 11.7. The first-order valence-electron chi connectivity index (χ1n) is 17.6. The molecule has 0 aromatic heterocycles. The molecule has 0 fully saturated rings. The van der Waals surface area contributed by atoms with Gasteiger partial charge >= 0.3 is 0 Å². The van der Waals surface area contributed by atoms with Crippen LogP contribution in [0.5, 0.6) is 11.5 Å². The summed E-state index contributed by atoms with van der Waals surface area (Å²) in [6, 6.07) is 42.1. The number of ether oxygens (including phenoxy) is 1. The number of hydrogen-bond donors (Lipinski definition) is 0. The van der Waals surface area contributed by atoms with Crippen LogP contribution in [-0.4, -0.2) is 0 Å². The van der Waals surface area contributed by atoms with Crippen molar-refractivity contribution in [2.24, 2.45) is 0 Å². The largest absolute Gasteiger partial charge is 0.456 e. The van der Waals surface area contributed by atoms with Gasteiger partial charge in [-0.15, -0.1) is 0 Å². The fourth-order valence-corrected chi connectivity index (χ4v) is 7.27. The minimum Gasteiger partial charge on any atom is -0.456 e. The van der Waals surface area contributed by atoms with Crippen molar-refractivity contribution in [2.45, 2.75) is 0 Å². The van der Waals surface area contributed by atoms with Crippen LogP contribution in [0.2, 0.25) is 0 Å². The summed E-state index contributed by atoms with van der Waals surface area (Å²) in [6.45, 7) is 0. The minimum absolute atomic E-state index is 0.173. The molecule has 1 nitrogen and oxygen atoms in total. The summed E-state index contributed by atoms with van der Waals surface area (Å²) in [5.41, 5.74) is 6.27. The zero-order chi connectivity index (χ0) is 33.8. The van der Waals surface area contributed by atoms with E-state index in [-0.39, 0.29) is 29.7 Å². The molecule has 1 heterocycles. The molecule has 0 radical (unpaired) electrons. The van der Waals surface area contributed by atoms with E-state index in [0.29, 0.717) is 5.56 Å². The van der Waals surface area contributed by atoms with Gasteiger partial charge in [0.1, 0.15) is 11.5 Å². The van der Waals surface area contributed by atoms with Crippen LogP contribution >= 0.6 is 0 Å². The Balaban J connectivity index is 1.24. The van der Waals surface area contributed by atoms with E-state index in [0.717, 1.165) is 66.4 Å². The fourth-order valence-electron chi connectivity index (χ4n) is 7.27. The molecule has 45 heavy (non-hydrogen) atoms. The van der Waals surface area contributed by atoms with Crippen molar-refractivity contribution in [2.75, 3.05) is 0 Å². The Morgan fingerprint density at radius 3 is 1.84 bits per heavy atom. The van der Waals surface area contributed by atoms with Gasteiger partial charge in [-0.3, -0.25) is 0 Å². The predicted octanol–water partition coefficient (Wildman–Crippen LogP) is 12.5. The lowest BCUT2D eigenvalue weighted by molar-refractivity contribution is 0.487. The third-order valence-corrected chi connectivity index (χ3v) is 9.30. The predicted molar refractivity (Wildman–Crippen MR) is 189 cm³/mol. The second kappa shape index (κ2) is 9.29. The summed E-state index contributed by atoms with van der Waals surface area (Å²) in [5.74, 6) is 1.56. The van der Waals surface area contributed by atoms with E-state index >= 15 is 0 Å². The molecule has 0 bridgehead atoms. The summed E-state index contributed by atoms with van der Waals surface area (Å²) in [7, 11) is 0. The van der Waals surface area contributed by atoms with Crippen molar-refractivity contribution in [1.29, 1.82) is 0 Å². The van der Waals surface area contributed by atoms with Gasteiger partial charge in [0.25, 0.3) is 0 Å². The fraction of sp³-hybridized carbons (Fsp3) is 0. The van der Waals surface area contributed by atoms with Gasteiger partial charge in [0, 0.05) is 10.9 Å². The van der Waals surface area contributed by atoms with E-state index in [1.807, 2.05) is 42.5 Å². The van der Waals surface area contributed by atoms with Crippen LogP contribution in [0.15, 0.2) is 158 Å². The van der Waals surface area contributed by atoms with Crippen molar-refractivity contribution in [3.63, 3.8) is 0 Å². The van der Waals surface area contributed by atoms with E-state index in [1.165, 1.54) is 21.5 Å². The van der Waals surface area contributed by atoms with Gasteiger partial charge in [-0.2, -0.15) is 0 Å². The first-order valence-corrected chi connectivity index (χ1v) is 15.1. The van der Waals surface area contributed by atoms with Crippen LogP contribution in [0.25, 0.3) is 87.6 Å². The summed E-state index contributed by atoms with van der Waals surface area (Å²) in [4.78, 5) is 0. The summed E-state index contributed by atoms with van der Waals surface area (Å²) < 4.78 is 49.7. The topological polar surface area (TPSA) is 9.23 Å². The maximum atomic E-state index is 9.00. The first kappa shape index (κ1) is 20.1. The Morgan fingerprint density at radius 1 is 0.378 bits per heavy atom. The van der Waals surface area contributed by atoms with Gasteiger partial charge in [0.2, 0.25) is 0 Å². The van der Waals surface area contributed by atoms with E-state index in [9.17, 15) is 0 Å². The third-order valence-electron chi connectivity index (χ3n) is 9.30. The molecule has 10 rings (SSSR count). The lowest BCUT2D eigenvalue weighted by atomic mass is 9.86. The highest BCUT2D eigenvalue weighted by Gasteiger charge is 2.21. The molecule has 0 saturated heterocycles. The van der Waals surface area contributed by atoms with Crippen LogP contribution < -0.4 is 4.74 Å². The molecule has 1 aliphatic rings. The number of hydrogen-bond acceptors (Lipinski definition) is 1. The normalized spacial score (nSPS) is 13.7. The second-order valence-electron chi connectivity index (χ2n) is 11.7. The Hall–Kier alpha value is -5.92. The van der Waals surface area contributed by atoms with Crippen molar-refractivity contribution >= 4 is 43.1 Å². The van der Waals surface area contributed by atoms with Crippen molar-refractivity contribution in [3.05, 3.63) is 158 Å². The quantitative estimate of drug-likeness (QED) is 0.190. The Kier molecular flexibility index (Phi) is 4.15. The first-order chi connectivity index (χ1) is 24.4. The van der Waals surface area contributed by atoms with E-state index in [4.69, 9.17) is 11.6 Å².